The molecule has 0 spiro atoms. The summed E-state index contributed by atoms with van der Waals surface area (Å²) < 4.78 is 27.4. The minimum Gasteiger partial charge on any atom is -0.379 e. The lowest BCUT2D eigenvalue weighted by Gasteiger charge is -2.18. The van der Waals surface area contributed by atoms with E-state index >= 15 is 0 Å². The van der Waals surface area contributed by atoms with Gasteiger partial charge in [0.25, 0.3) is 5.91 Å². The maximum atomic E-state index is 13.7. The summed E-state index contributed by atoms with van der Waals surface area (Å²) in [6, 6.07) is 7.18. The maximum absolute atomic E-state index is 13.7. The number of nitrogens with one attached hydrogen (secondary N) is 1. The average Bonchev–Trinajstić information content (AvgIpc) is 2.96. The minimum atomic E-state index is -0.825. The van der Waals surface area contributed by atoms with Gasteiger partial charge in [0.05, 0.1) is 5.69 Å². The third kappa shape index (κ3) is 2.90. The van der Waals surface area contributed by atoms with Crippen molar-refractivity contribution in [2.24, 2.45) is 0 Å². The van der Waals surface area contributed by atoms with Crippen molar-refractivity contribution >= 4 is 11.6 Å². The summed E-state index contributed by atoms with van der Waals surface area (Å²) in [4.78, 5) is 17.8. The highest BCUT2D eigenvalue weighted by molar-refractivity contribution is 5.95. The lowest BCUT2D eigenvalue weighted by atomic mass is 10.1. The Bertz CT molecular complexity index is 658. The van der Waals surface area contributed by atoms with Gasteiger partial charge in [-0.2, -0.15) is 0 Å². The van der Waals surface area contributed by atoms with E-state index in [0.717, 1.165) is 24.2 Å². The van der Waals surface area contributed by atoms with Crippen molar-refractivity contribution in [1.82, 2.24) is 9.88 Å². The monoisotopic (exact) mass is 303 g/mol. The first kappa shape index (κ1) is 14.4. The molecule has 22 heavy (non-hydrogen) atoms. The number of hydrogen-bond acceptors (Lipinski definition) is 3. The molecule has 1 aromatic heterocycles. The van der Waals surface area contributed by atoms with Gasteiger partial charge in [-0.3, -0.25) is 9.78 Å². The molecule has 1 aromatic carbocycles. The van der Waals surface area contributed by atoms with Crippen molar-refractivity contribution in [3.8, 4) is 0 Å². The Morgan fingerprint density at radius 1 is 1.23 bits per heavy atom. The molecule has 6 heteroatoms. The van der Waals surface area contributed by atoms with Crippen LogP contribution in [0, 0.1) is 11.6 Å². The van der Waals surface area contributed by atoms with Gasteiger partial charge in [-0.1, -0.05) is 6.07 Å². The molecular weight excluding hydrogens is 288 g/mol. The molecule has 114 valence electrons. The Labute approximate surface area is 126 Å². The molecule has 1 atom stereocenters. The van der Waals surface area contributed by atoms with E-state index in [0.29, 0.717) is 13.1 Å². The van der Waals surface area contributed by atoms with E-state index in [1.54, 1.807) is 12.4 Å². The van der Waals surface area contributed by atoms with E-state index in [1.165, 1.54) is 11.0 Å². The Morgan fingerprint density at radius 2 is 2.00 bits per heavy atom. The first-order chi connectivity index (χ1) is 10.6. The number of halogens is 2. The fourth-order valence-electron chi connectivity index (χ4n) is 2.61. The van der Waals surface area contributed by atoms with Crippen LogP contribution in [0.1, 0.15) is 16.8 Å². The zero-order chi connectivity index (χ0) is 15.5. The molecule has 0 radical (unpaired) electrons. The fourth-order valence-corrected chi connectivity index (χ4v) is 2.61. The first-order valence-electron chi connectivity index (χ1n) is 7.05. The summed E-state index contributed by atoms with van der Waals surface area (Å²) >= 11 is 0. The van der Waals surface area contributed by atoms with Crippen LogP contribution in [0.25, 0.3) is 0 Å². The number of hydrogen-bond donors (Lipinski definition) is 1. The number of benzene rings is 1. The highest BCUT2D eigenvalue weighted by Gasteiger charge is 2.30. The molecule has 0 aliphatic carbocycles. The zero-order valence-electron chi connectivity index (χ0n) is 11.8. The first-order valence-corrected chi connectivity index (χ1v) is 7.05. The topological polar surface area (TPSA) is 45.2 Å². The second kappa shape index (κ2) is 6.09. The van der Waals surface area contributed by atoms with Crippen molar-refractivity contribution in [3.63, 3.8) is 0 Å². The highest BCUT2D eigenvalue weighted by Crippen LogP contribution is 2.20. The number of anilines is 1. The molecule has 1 fully saturated rings. The number of rotatable bonds is 3. The predicted octanol–water partition coefficient (Wildman–Crippen LogP) is 2.69. The molecule has 1 N–H and O–H groups in total. The van der Waals surface area contributed by atoms with E-state index in [4.69, 9.17) is 0 Å². The number of nitrogens with zero attached hydrogens (tertiary/aromatic N) is 2. The smallest absolute Gasteiger partial charge is 0.259 e. The van der Waals surface area contributed by atoms with Crippen LogP contribution in [0.3, 0.4) is 0 Å². The van der Waals surface area contributed by atoms with Crippen LogP contribution in [0.4, 0.5) is 14.5 Å². The van der Waals surface area contributed by atoms with Crippen molar-refractivity contribution in [2.75, 3.05) is 18.4 Å². The van der Waals surface area contributed by atoms with E-state index in [2.05, 4.69) is 10.3 Å². The van der Waals surface area contributed by atoms with Crippen LogP contribution < -0.4 is 5.32 Å². The normalized spacial score (nSPS) is 17.5. The Hall–Kier alpha value is -2.50. The van der Waals surface area contributed by atoms with E-state index in [9.17, 15) is 13.6 Å². The summed E-state index contributed by atoms with van der Waals surface area (Å²) in [6.07, 6.45) is 4.09. The van der Waals surface area contributed by atoms with E-state index < -0.39 is 23.1 Å². The molecule has 4 nitrogen and oxygen atoms in total. The number of amides is 1. The van der Waals surface area contributed by atoms with Gasteiger partial charge in [0.2, 0.25) is 0 Å². The van der Waals surface area contributed by atoms with Gasteiger partial charge in [0.15, 0.2) is 0 Å². The number of pyridine rings is 1. The van der Waals surface area contributed by atoms with Gasteiger partial charge in [-0.25, -0.2) is 8.78 Å². The van der Waals surface area contributed by atoms with Crippen molar-refractivity contribution < 1.29 is 13.6 Å². The summed E-state index contributed by atoms with van der Waals surface area (Å²) in [5, 5.41) is 3.26. The van der Waals surface area contributed by atoms with Crippen molar-refractivity contribution in [3.05, 3.63) is 59.9 Å². The molecule has 1 aliphatic heterocycles. The molecule has 1 saturated heterocycles. The summed E-state index contributed by atoms with van der Waals surface area (Å²) in [7, 11) is 0. The molecule has 0 unspecified atom stereocenters. The molecule has 3 rings (SSSR count). The second-order valence-corrected chi connectivity index (χ2v) is 5.22. The lowest BCUT2D eigenvalue weighted by Crippen LogP contribution is -2.32. The Kier molecular flexibility index (Phi) is 4.00. The van der Waals surface area contributed by atoms with Crippen LogP contribution >= 0.6 is 0 Å². The zero-order valence-corrected chi connectivity index (χ0v) is 11.8. The van der Waals surface area contributed by atoms with E-state index in [1.807, 2.05) is 12.1 Å². The number of carbonyl (C=O) groups is 1. The Balaban J connectivity index is 1.69. The molecule has 2 aromatic rings. The SMILES string of the molecule is O=C(c1c(F)cccc1F)N1CC[C@@H](Nc2cccnc2)C1. The van der Waals surface area contributed by atoms with E-state index in [-0.39, 0.29) is 6.04 Å². The number of likely N-dealkylation sites (tertiary alicyclic amines) is 1. The number of carbonyl (C=O) groups excluding carboxylic acids is 1. The molecule has 0 bridgehead atoms. The van der Waals surface area contributed by atoms with Gasteiger partial charge in [-0.15, -0.1) is 0 Å². The molecule has 1 aliphatic rings. The predicted molar refractivity (Wildman–Crippen MR) is 78.5 cm³/mol. The largest absolute Gasteiger partial charge is 0.379 e. The minimum absolute atomic E-state index is 0.0444. The molecule has 2 heterocycles. The third-order valence-electron chi connectivity index (χ3n) is 3.68. The molecular formula is C16H15F2N3O. The van der Waals surface area contributed by atoms with Gasteiger partial charge in [0.1, 0.15) is 17.2 Å². The average molecular weight is 303 g/mol. The van der Waals surface area contributed by atoms with Crippen molar-refractivity contribution in [1.29, 1.82) is 0 Å². The third-order valence-corrected chi connectivity index (χ3v) is 3.68. The quantitative estimate of drug-likeness (QED) is 0.948. The number of aromatic nitrogens is 1. The molecule has 1 amide bonds. The maximum Gasteiger partial charge on any atom is 0.259 e. The Morgan fingerprint density at radius 3 is 2.68 bits per heavy atom. The lowest BCUT2D eigenvalue weighted by molar-refractivity contribution is 0.0782. The van der Waals surface area contributed by atoms with Crippen LogP contribution in [0.2, 0.25) is 0 Å². The van der Waals surface area contributed by atoms with Crippen molar-refractivity contribution in [2.45, 2.75) is 12.5 Å². The summed E-state index contributed by atoms with van der Waals surface area (Å²) in [5.74, 6) is -2.26. The second-order valence-electron chi connectivity index (χ2n) is 5.22. The van der Waals surface area contributed by atoms with Gasteiger partial charge >= 0.3 is 0 Å². The summed E-state index contributed by atoms with van der Waals surface area (Å²) in [5.41, 5.74) is 0.378. The van der Waals surface area contributed by atoms with Gasteiger partial charge in [-0.05, 0) is 30.7 Å². The van der Waals surface area contributed by atoms with Gasteiger partial charge < -0.3 is 10.2 Å². The van der Waals surface area contributed by atoms with Crippen LogP contribution in [0.5, 0.6) is 0 Å². The van der Waals surface area contributed by atoms with Gasteiger partial charge in [0, 0.05) is 31.5 Å². The van der Waals surface area contributed by atoms with Crippen LogP contribution in [-0.4, -0.2) is 34.9 Å². The standard InChI is InChI=1S/C16H15F2N3O/c17-13-4-1-5-14(18)15(13)16(22)21-8-6-12(10-21)20-11-3-2-7-19-9-11/h1-5,7,9,12,20H,6,8,10H2/t12-/m1/s1. The molecule has 0 saturated carbocycles. The summed E-state index contributed by atoms with van der Waals surface area (Å²) in [6.45, 7) is 0.867. The van der Waals surface area contributed by atoms with Crippen LogP contribution in [-0.2, 0) is 0 Å². The van der Waals surface area contributed by atoms with Crippen LogP contribution in [0.15, 0.2) is 42.7 Å². The highest BCUT2D eigenvalue weighted by atomic mass is 19.1. The fraction of sp³-hybridized carbons (Fsp3) is 0.250.